The van der Waals surface area contributed by atoms with Gasteiger partial charge in [0.05, 0.1) is 11.8 Å². The lowest BCUT2D eigenvalue weighted by Gasteiger charge is -2.14. The van der Waals surface area contributed by atoms with Crippen LogP contribution >= 0.6 is 0 Å². The smallest absolute Gasteiger partial charge is 0.255 e. The molecule has 1 unspecified atom stereocenters. The van der Waals surface area contributed by atoms with Crippen LogP contribution in [0.15, 0.2) is 34.9 Å². The molecule has 20 heavy (non-hydrogen) atoms. The van der Waals surface area contributed by atoms with Crippen molar-refractivity contribution in [2.24, 2.45) is 0 Å². The molecule has 0 saturated heterocycles. The van der Waals surface area contributed by atoms with Crippen LogP contribution in [0.3, 0.4) is 0 Å². The van der Waals surface area contributed by atoms with E-state index in [9.17, 15) is 13.6 Å². The Morgan fingerprint density at radius 3 is 2.50 bits per heavy atom. The monoisotopic (exact) mass is 279 g/mol. The summed E-state index contributed by atoms with van der Waals surface area (Å²) in [4.78, 5) is 11.9. The first-order valence-corrected chi connectivity index (χ1v) is 6.27. The maximum absolute atomic E-state index is 13.5. The first kappa shape index (κ1) is 14.2. The molecule has 1 amide bonds. The minimum atomic E-state index is -0.606. The molecular formula is C15H15F2NO2. The fourth-order valence-electron chi connectivity index (χ4n) is 2.01. The lowest BCUT2D eigenvalue weighted by molar-refractivity contribution is 0.0938. The second kappa shape index (κ2) is 5.86. The Kier molecular flexibility index (Phi) is 4.17. The number of nitrogens with one attached hydrogen (secondary N) is 1. The van der Waals surface area contributed by atoms with E-state index in [0.29, 0.717) is 11.3 Å². The molecule has 0 aliphatic heterocycles. The minimum absolute atomic E-state index is 0.0239. The van der Waals surface area contributed by atoms with Gasteiger partial charge in [0.2, 0.25) is 0 Å². The lowest BCUT2D eigenvalue weighted by Crippen LogP contribution is -2.34. The molecule has 1 N–H and O–H groups in total. The zero-order valence-electron chi connectivity index (χ0n) is 11.2. The summed E-state index contributed by atoms with van der Waals surface area (Å²) in [7, 11) is 0. The van der Waals surface area contributed by atoms with Gasteiger partial charge in [0.1, 0.15) is 17.4 Å². The Labute approximate surface area is 115 Å². The quantitative estimate of drug-likeness (QED) is 0.933. The Balaban J connectivity index is 2.05. The van der Waals surface area contributed by atoms with Crippen molar-refractivity contribution in [3.63, 3.8) is 0 Å². The predicted octanol–water partition coefficient (Wildman–Crippen LogP) is 3.23. The molecule has 0 aliphatic carbocycles. The topological polar surface area (TPSA) is 42.2 Å². The summed E-state index contributed by atoms with van der Waals surface area (Å²) in [5, 5.41) is 2.69. The van der Waals surface area contributed by atoms with E-state index in [1.54, 1.807) is 19.9 Å². The van der Waals surface area contributed by atoms with Crippen molar-refractivity contribution in [3.05, 3.63) is 59.1 Å². The van der Waals surface area contributed by atoms with Crippen molar-refractivity contribution in [3.8, 4) is 0 Å². The van der Waals surface area contributed by atoms with Gasteiger partial charge < -0.3 is 9.73 Å². The number of hydrogen-bond acceptors (Lipinski definition) is 2. The molecule has 0 fully saturated rings. The van der Waals surface area contributed by atoms with Crippen LogP contribution in [0.1, 0.15) is 28.6 Å². The van der Waals surface area contributed by atoms with Crippen molar-refractivity contribution in [1.82, 2.24) is 5.32 Å². The van der Waals surface area contributed by atoms with Gasteiger partial charge in [-0.05, 0) is 38.5 Å². The van der Waals surface area contributed by atoms with E-state index in [1.165, 1.54) is 24.5 Å². The Hall–Kier alpha value is -2.17. The molecule has 1 atom stereocenters. The summed E-state index contributed by atoms with van der Waals surface area (Å²) in [6, 6.07) is 4.87. The van der Waals surface area contributed by atoms with Crippen LogP contribution in [0, 0.1) is 18.6 Å². The third-order valence-corrected chi connectivity index (χ3v) is 3.05. The zero-order chi connectivity index (χ0) is 14.7. The van der Waals surface area contributed by atoms with Gasteiger partial charge >= 0.3 is 0 Å². The highest BCUT2D eigenvalue weighted by atomic mass is 19.1. The highest BCUT2D eigenvalue weighted by Crippen LogP contribution is 2.15. The average molecular weight is 279 g/mol. The predicted molar refractivity (Wildman–Crippen MR) is 70.4 cm³/mol. The minimum Gasteiger partial charge on any atom is -0.469 e. The molecule has 0 saturated carbocycles. The molecule has 106 valence electrons. The van der Waals surface area contributed by atoms with Gasteiger partial charge in [-0.25, -0.2) is 8.78 Å². The average Bonchev–Trinajstić information content (AvgIpc) is 2.80. The van der Waals surface area contributed by atoms with E-state index in [4.69, 9.17) is 4.42 Å². The highest BCUT2D eigenvalue weighted by Gasteiger charge is 2.17. The van der Waals surface area contributed by atoms with Crippen LogP contribution in [0.2, 0.25) is 0 Å². The second-order valence-corrected chi connectivity index (χ2v) is 4.67. The standard InChI is InChI=1S/C15H15F2NO2/c1-9(8-12-13(16)4-3-5-14(12)17)18-15(19)11-6-7-20-10(11)2/h3-7,9H,8H2,1-2H3,(H,18,19). The molecule has 0 radical (unpaired) electrons. The van der Waals surface area contributed by atoms with Gasteiger partial charge in [0, 0.05) is 11.6 Å². The summed E-state index contributed by atoms with van der Waals surface area (Å²) in [5.74, 6) is -1.02. The number of carbonyl (C=O) groups is 1. The lowest BCUT2D eigenvalue weighted by atomic mass is 10.1. The Bertz CT molecular complexity index is 602. The first-order chi connectivity index (χ1) is 9.49. The molecule has 0 aliphatic rings. The molecule has 1 aromatic heterocycles. The second-order valence-electron chi connectivity index (χ2n) is 4.67. The fourth-order valence-corrected chi connectivity index (χ4v) is 2.01. The molecule has 1 aromatic carbocycles. The maximum Gasteiger partial charge on any atom is 0.255 e. The van der Waals surface area contributed by atoms with Gasteiger partial charge in [-0.15, -0.1) is 0 Å². The van der Waals surface area contributed by atoms with Crippen LogP contribution in [-0.4, -0.2) is 11.9 Å². The van der Waals surface area contributed by atoms with Gasteiger partial charge in [-0.2, -0.15) is 0 Å². The Morgan fingerprint density at radius 1 is 1.30 bits per heavy atom. The van der Waals surface area contributed by atoms with Crippen LogP contribution in [0.25, 0.3) is 0 Å². The third kappa shape index (κ3) is 3.04. The molecule has 0 bridgehead atoms. The normalized spacial score (nSPS) is 12.2. The molecule has 5 heteroatoms. The third-order valence-electron chi connectivity index (χ3n) is 3.05. The van der Waals surface area contributed by atoms with E-state index in [0.717, 1.165) is 0 Å². The number of aryl methyl sites for hydroxylation is 1. The molecule has 2 aromatic rings. The summed E-state index contributed by atoms with van der Waals surface area (Å²) in [6.07, 6.45) is 1.51. The van der Waals surface area contributed by atoms with E-state index >= 15 is 0 Å². The summed E-state index contributed by atoms with van der Waals surface area (Å²) in [5.41, 5.74) is 0.398. The molecule has 0 spiro atoms. The Morgan fingerprint density at radius 2 is 1.95 bits per heavy atom. The van der Waals surface area contributed by atoms with Crippen LogP contribution in [-0.2, 0) is 6.42 Å². The fraction of sp³-hybridized carbons (Fsp3) is 0.267. The number of amides is 1. The van der Waals surface area contributed by atoms with Gasteiger partial charge in [0.25, 0.3) is 5.91 Å². The summed E-state index contributed by atoms with van der Waals surface area (Å²) in [6.45, 7) is 3.37. The van der Waals surface area contributed by atoms with Crippen LogP contribution in [0.5, 0.6) is 0 Å². The molecule has 3 nitrogen and oxygen atoms in total. The van der Waals surface area contributed by atoms with Crippen molar-refractivity contribution in [1.29, 1.82) is 0 Å². The number of rotatable bonds is 4. The van der Waals surface area contributed by atoms with Gasteiger partial charge in [-0.1, -0.05) is 6.07 Å². The number of benzene rings is 1. The number of furan rings is 1. The van der Waals surface area contributed by atoms with Gasteiger partial charge in [0.15, 0.2) is 0 Å². The SMILES string of the molecule is Cc1occc1C(=O)NC(C)Cc1c(F)cccc1F. The highest BCUT2D eigenvalue weighted by molar-refractivity contribution is 5.95. The van der Waals surface area contributed by atoms with Crippen molar-refractivity contribution >= 4 is 5.91 Å². The summed E-state index contributed by atoms with van der Waals surface area (Å²) < 4.78 is 32.1. The van der Waals surface area contributed by atoms with Crippen molar-refractivity contribution in [2.45, 2.75) is 26.3 Å². The number of halogens is 2. The molecule has 1 heterocycles. The number of carbonyl (C=O) groups excluding carboxylic acids is 1. The zero-order valence-corrected chi connectivity index (χ0v) is 11.2. The summed E-state index contributed by atoms with van der Waals surface area (Å²) >= 11 is 0. The van der Waals surface area contributed by atoms with E-state index in [1.807, 2.05) is 0 Å². The van der Waals surface area contributed by atoms with Crippen molar-refractivity contribution in [2.75, 3.05) is 0 Å². The largest absolute Gasteiger partial charge is 0.469 e. The van der Waals surface area contributed by atoms with Crippen LogP contribution < -0.4 is 5.32 Å². The van der Waals surface area contributed by atoms with Gasteiger partial charge in [-0.3, -0.25) is 4.79 Å². The molecule has 2 rings (SSSR count). The van der Waals surface area contributed by atoms with E-state index in [-0.39, 0.29) is 17.9 Å². The van der Waals surface area contributed by atoms with Crippen molar-refractivity contribution < 1.29 is 18.0 Å². The van der Waals surface area contributed by atoms with E-state index < -0.39 is 17.7 Å². The van der Waals surface area contributed by atoms with E-state index in [2.05, 4.69) is 5.32 Å². The van der Waals surface area contributed by atoms with Crippen LogP contribution in [0.4, 0.5) is 8.78 Å². The number of hydrogen-bond donors (Lipinski definition) is 1. The first-order valence-electron chi connectivity index (χ1n) is 6.27. The maximum atomic E-state index is 13.5. The molecular weight excluding hydrogens is 264 g/mol.